The number of amides is 1. The van der Waals surface area contributed by atoms with Gasteiger partial charge < -0.3 is 9.64 Å². The van der Waals surface area contributed by atoms with Crippen molar-refractivity contribution in [2.24, 2.45) is 0 Å². The summed E-state index contributed by atoms with van der Waals surface area (Å²) in [6.45, 7) is 0. The molecule has 2 rings (SSSR count). The van der Waals surface area contributed by atoms with Gasteiger partial charge in [0.15, 0.2) is 11.4 Å². The molecule has 0 radical (unpaired) electrons. The number of hydrogen-bond acceptors (Lipinski definition) is 4. The van der Waals surface area contributed by atoms with Crippen LogP contribution in [0.25, 0.3) is 0 Å². The Labute approximate surface area is 105 Å². The summed E-state index contributed by atoms with van der Waals surface area (Å²) >= 11 is 1.59. The third-order valence-electron chi connectivity index (χ3n) is 2.49. The minimum absolute atomic E-state index is 0.117. The number of rotatable bonds is 4. The molecule has 1 aliphatic rings. The molecule has 0 atom stereocenters. The number of aromatic nitrogens is 1. The van der Waals surface area contributed by atoms with Gasteiger partial charge in [0.05, 0.1) is 6.10 Å². The molecule has 0 N–H and O–H groups in total. The zero-order chi connectivity index (χ0) is 12.4. The summed E-state index contributed by atoms with van der Waals surface area (Å²) in [5.74, 6) is 0.492. The SMILES string of the molecule is CSc1cnc(C(=O)N(C)C)c(OC2CC2)c1. The molecule has 0 bridgehead atoms. The van der Waals surface area contributed by atoms with Crippen molar-refractivity contribution in [3.8, 4) is 5.75 Å². The Bertz CT molecular complexity index is 431. The molecule has 1 aromatic heterocycles. The van der Waals surface area contributed by atoms with Crippen LogP contribution in [-0.4, -0.2) is 42.2 Å². The zero-order valence-corrected chi connectivity index (χ0v) is 11.1. The second-order valence-corrected chi connectivity index (χ2v) is 5.12. The van der Waals surface area contributed by atoms with E-state index >= 15 is 0 Å². The van der Waals surface area contributed by atoms with Crippen LogP contribution in [0.15, 0.2) is 17.2 Å². The fraction of sp³-hybridized carbons (Fsp3) is 0.500. The predicted molar refractivity (Wildman–Crippen MR) is 67.7 cm³/mol. The molecular formula is C12H16N2O2S. The molecule has 1 fully saturated rings. The van der Waals surface area contributed by atoms with Crippen molar-refractivity contribution >= 4 is 17.7 Å². The van der Waals surface area contributed by atoms with Crippen LogP contribution >= 0.6 is 11.8 Å². The molecule has 0 aliphatic heterocycles. The van der Waals surface area contributed by atoms with E-state index in [-0.39, 0.29) is 12.0 Å². The highest BCUT2D eigenvalue weighted by atomic mass is 32.2. The highest BCUT2D eigenvalue weighted by Crippen LogP contribution is 2.31. The summed E-state index contributed by atoms with van der Waals surface area (Å²) in [6.07, 6.45) is 6.09. The normalized spacial score (nSPS) is 14.5. The lowest BCUT2D eigenvalue weighted by molar-refractivity contribution is 0.0816. The molecule has 1 saturated carbocycles. The van der Waals surface area contributed by atoms with Crippen LogP contribution < -0.4 is 4.74 Å². The Balaban J connectivity index is 2.31. The van der Waals surface area contributed by atoms with E-state index in [0.29, 0.717) is 11.4 Å². The van der Waals surface area contributed by atoms with Crippen molar-refractivity contribution < 1.29 is 9.53 Å². The molecule has 17 heavy (non-hydrogen) atoms. The van der Waals surface area contributed by atoms with E-state index in [2.05, 4.69) is 4.98 Å². The smallest absolute Gasteiger partial charge is 0.275 e. The summed E-state index contributed by atoms with van der Waals surface area (Å²) < 4.78 is 5.75. The molecule has 92 valence electrons. The molecule has 4 nitrogen and oxygen atoms in total. The molecule has 0 spiro atoms. The van der Waals surface area contributed by atoms with Gasteiger partial charge in [0.2, 0.25) is 0 Å². The first kappa shape index (κ1) is 12.2. The number of carbonyl (C=O) groups is 1. The minimum atomic E-state index is -0.117. The van der Waals surface area contributed by atoms with Crippen LogP contribution in [0.5, 0.6) is 5.75 Å². The van der Waals surface area contributed by atoms with Gasteiger partial charge in [0.1, 0.15) is 0 Å². The molecule has 1 amide bonds. The Hall–Kier alpha value is -1.23. The van der Waals surface area contributed by atoms with Gasteiger partial charge in [-0.1, -0.05) is 0 Å². The highest BCUT2D eigenvalue weighted by molar-refractivity contribution is 7.98. The molecular weight excluding hydrogens is 236 g/mol. The van der Waals surface area contributed by atoms with E-state index in [4.69, 9.17) is 4.74 Å². The average Bonchev–Trinajstić information content (AvgIpc) is 3.11. The van der Waals surface area contributed by atoms with Crippen LogP contribution in [0.4, 0.5) is 0 Å². The van der Waals surface area contributed by atoms with Gasteiger partial charge in [-0.25, -0.2) is 4.98 Å². The molecule has 0 aromatic carbocycles. The standard InChI is InChI=1S/C12H16N2O2S/c1-14(2)12(15)11-10(16-8-4-5-8)6-9(17-3)7-13-11/h6-8H,4-5H2,1-3H3. The van der Waals surface area contributed by atoms with Crippen molar-refractivity contribution in [3.63, 3.8) is 0 Å². The number of pyridine rings is 1. The number of carbonyl (C=O) groups excluding carboxylic acids is 1. The van der Waals surface area contributed by atoms with Gasteiger partial charge in [-0.05, 0) is 25.2 Å². The van der Waals surface area contributed by atoms with Crippen LogP contribution in [0.2, 0.25) is 0 Å². The average molecular weight is 252 g/mol. The third-order valence-corrected chi connectivity index (χ3v) is 3.18. The van der Waals surface area contributed by atoms with Gasteiger partial charge in [0.25, 0.3) is 5.91 Å². The van der Waals surface area contributed by atoms with Crippen molar-refractivity contribution in [2.45, 2.75) is 23.8 Å². The molecule has 0 saturated heterocycles. The number of thioether (sulfide) groups is 1. The largest absolute Gasteiger partial charge is 0.488 e. The maximum atomic E-state index is 11.9. The lowest BCUT2D eigenvalue weighted by atomic mass is 10.3. The number of hydrogen-bond donors (Lipinski definition) is 0. The summed E-state index contributed by atoms with van der Waals surface area (Å²) in [5.41, 5.74) is 0.403. The van der Waals surface area contributed by atoms with Gasteiger partial charge in [0, 0.05) is 25.2 Å². The molecule has 5 heteroatoms. The lowest BCUT2D eigenvalue weighted by Crippen LogP contribution is -2.23. The monoisotopic (exact) mass is 252 g/mol. The molecule has 1 aliphatic carbocycles. The second-order valence-electron chi connectivity index (χ2n) is 4.24. The summed E-state index contributed by atoms with van der Waals surface area (Å²) in [6, 6.07) is 1.90. The van der Waals surface area contributed by atoms with Crippen molar-refractivity contribution in [1.29, 1.82) is 0 Å². The first-order chi connectivity index (χ1) is 8.11. The van der Waals surface area contributed by atoms with E-state index in [1.54, 1.807) is 32.1 Å². The summed E-state index contributed by atoms with van der Waals surface area (Å²) in [7, 11) is 3.43. The zero-order valence-electron chi connectivity index (χ0n) is 10.3. The van der Waals surface area contributed by atoms with Gasteiger partial charge >= 0.3 is 0 Å². The topological polar surface area (TPSA) is 42.4 Å². The minimum Gasteiger partial charge on any atom is -0.488 e. The fourth-order valence-corrected chi connectivity index (χ4v) is 1.75. The quantitative estimate of drug-likeness (QED) is 0.769. The van der Waals surface area contributed by atoms with Crippen molar-refractivity contribution in [1.82, 2.24) is 9.88 Å². The third kappa shape index (κ3) is 2.91. The molecule has 0 unspecified atom stereocenters. The first-order valence-corrected chi connectivity index (χ1v) is 6.76. The summed E-state index contributed by atoms with van der Waals surface area (Å²) in [4.78, 5) is 18.7. The van der Waals surface area contributed by atoms with Crippen LogP contribution in [0.1, 0.15) is 23.3 Å². The van der Waals surface area contributed by atoms with Gasteiger partial charge in [-0.3, -0.25) is 4.79 Å². The highest BCUT2D eigenvalue weighted by Gasteiger charge is 2.27. The predicted octanol–water partition coefficient (Wildman–Crippen LogP) is 2.05. The van der Waals surface area contributed by atoms with Crippen LogP contribution in [0, 0.1) is 0 Å². The maximum Gasteiger partial charge on any atom is 0.275 e. The Morgan fingerprint density at radius 2 is 2.24 bits per heavy atom. The van der Waals surface area contributed by atoms with E-state index in [0.717, 1.165) is 17.7 Å². The van der Waals surface area contributed by atoms with E-state index in [9.17, 15) is 4.79 Å². The fourth-order valence-electron chi connectivity index (χ4n) is 1.37. The number of nitrogens with zero attached hydrogens (tertiary/aromatic N) is 2. The van der Waals surface area contributed by atoms with Crippen LogP contribution in [-0.2, 0) is 0 Å². The van der Waals surface area contributed by atoms with E-state index in [1.807, 2.05) is 12.3 Å². The van der Waals surface area contributed by atoms with Crippen molar-refractivity contribution in [3.05, 3.63) is 18.0 Å². The Morgan fingerprint density at radius 1 is 1.53 bits per heavy atom. The Morgan fingerprint density at radius 3 is 2.76 bits per heavy atom. The Kier molecular flexibility index (Phi) is 3.57. The van der Waals surface area contributed by atoms with Gasteiger partial charge in [-0.2, -0.15) is 0 Å². The molecule has 1 heterocycles. The van der Waals surface area contributed by atoms with Crippen molar-refractivity contribution in [2.75, 3.05) is 20.4 Å². The van der Waals surface area contributed by atoms with E-state index < -0.39 is 0 Å². The van der Waals surface area contributed by atoms with E-state index in [1.165, 1.54) is 4.90 Å². The maximum absolute atomic E-state index is 11.9. The lowest BCUT2D eigenvalue weighted by Gasteiger charge is -2.14. The second kappa shape index (κ2) is 4.96. The van der Waals surface area contributed by atoms with Crippen LogP contribution in [0.3, 0.4) is 0 Å². The summed E-state index contributed by atoms with van der Waals surface area (Å²) in [5, 5.41) is 0. The molecule has 1 aromatic rings. The number of ether oxygens (including phenoxy) is 1. The van der Waals surface area contributed by atoms with Gasteiger partial charge in [-0.15, -0.1) is 11.8 Å². The first-order valence-electron chi connectivity index (χ1n) is 5.54.